The van der Waals surface area contributed by atoms with Gasteiger partial charge in [0.15, 0.2) is 18.9 Å². The summed E-state index contributed by atoms with van der Waals surface area (Å²) in [6.45, 7) is 5.31. The number of hydrogen-bond acceptors (Lipinski definition) is 26. The molecule has 26 heteroatoms. The maximum atomic E-state index is 14.9. The molecule has 9 aliphatic rings. The van der Waals surface area contributed by atoms with E-state index in [1.165, 1.54) is 0 Å². The van der Waals surface area contributed by atoms with Crippen molar-refractivity contribution in [3.63, 3.8) is 0 Å². The summed E-state index contributed by atoms with van der Waals surface area (Å²) in [5.74, 6) is -0.964. The van der Waals surface area contributed by atoms with E-state index in [4.69, 9.17) is 42.6 Å². The van der Waals surface area contributed by atoms with E-state index in [1.807, 2.05) is 6.92 Å². The Balaban J connectivity index is 0.969. The Bertz CT molecular complexity index is 2020. The van der Waals surface area contributed by atoms with Gasteiger partial charge in [-0.3, -0.25) is 4.79 Å². The van der Waals surface area contributed by atoms with Crippen LogP contribution in [0, 0.1) is 28.1 Å². The van der Waals surface area contributed by atoms with Crippen LogP contribution in [0.4, 0.5) is 0 Å². The summed E-state index contributed by atoms with van der Waals surface area (Å²) in [6, 6.07) is 0. The molecule has 9 rings (SSSR count). The number of carbonyl (C=O) groups is 1. The molecular weight excluding hydrogens is 1020 g/mol. The standard InChI is InChI=1S/C50H80O26/c1-19-13-49-11-7-26-47(2,9-4-10-48(26,3)46(67)75-44-40(36(64)32(60)24(16-53)71-44)68-21-6-5-20(55)28(56)29(21)57)27(49)8-12-50(19,18-49)76-45-41(74-43-38(66)35(63)31(59)23(15-52)70-43)39(33(61)25(17-54)72-45)73-42-37(65)34(62)30(58)22(14-51)69-42/h20-45,51-66H,1,4-18H2,2-3H3/t20-,21-,22?,23+,24?,25?,26?,27+,28?,29?,30-,31-,32-,33-,34+,35?,36+,37?,38?,39+,40?,41?,42+,43+,44+,45+,47-,48-,49-,50?/m1/s1. The molecule has 0 aromatic carbocycles. The first-order chi connectivity index (χ1) is 35.9. The van der Waals surface area contributed by atoms with Crippen molar-refractivity contribution in [1.82, 2.24) is 0 Å². The van der Waals surface area contributed by atoms with Crippen molar-refractivity contribution in [2.24, 2.45) is 28.1 Å². The van der Waals surface area contributed by atoms with Crippen LogP contribution in [-0.4, -0.2) is 267 Å². The Morgan fingerprint density at radius 1 is 0.526 bits per heavy atom. The fourth-order valence-corrected chi connectivity index (χ4v) is 15.1. The Hall–Kier alpha value is -1.75. The lowest BCUT2D eigenvalue weighted by Crippen LogP contribution is -2.68. The first-order valence-corrected chi connectivity index (χ1v) is 26.7. The second kappa shape index (κ2) is 22.5. The fourth-order valence-electron chi connectivity index (χ4n) is 15.1. The van der Waals surface area contributed by atoms with Gasteiger partial charge in [-0.05, 0) is 99.4 Å². The normalized spacial score (nSPS) is 54.6. The van der Waals surface area contributed by atoms with E-state index >= 15 is 0 Å². The van der Waals surface area contributed by atoms with Crippen LogP contribution in [0.25, 0.3) is 0 Å². The number of aliphatic hydroxyl groups excluding tert-OH is 16. The van der Waals surface area contributed by atoms with Gasteiger partial charge < -0.3 is 124 Å². The summed E-state index contributed by atoms with van der Waals surface area (Å²) in [7, 11) is 0. The highest BCUT2D eigenvalue weighted by Crippen LogP contribution is 2.74. The van der Waals surface area contributed by atoms with Crippen molar-refractivity contribution in [1.29, 1.82) is 0 Å². The van der Waals surface area contributed by atoms with E-state index < -0.39 is 201 Å². The third-order valence-electron chi connectivity index (χ3n) is 19.3. The molecule has 2 bridgehead atoms. The molecule has 4 heterocycles. The fraction of sp³-hybridized carbons (Fsp3) is 0.940. The number of aliphatic hydroxyl groups is 16. The summed E-state index contributed by atoms with van der Waals surface area (Å²) in [5, 5.41) is 171. The van der Waals surface area contributed by atoms with E-state index in [-0.39, 0.29) is 24.7 Å². The molecule has 4 saturated heterocycles. The zero-order chi connectivity index (χ0) is 55.1. The van der Waals surface area contributed by atoms with E-state index in [2.05, 4.69) is 13.5 Å². The highest BCUT2D eigenvalue weighted by molar-refractivity contribution is 5.77. The van der Waals surface area contributed by atoms with E-state index in [0.717, 1.165) is 6.42 Å². The van der Waals surface area contributed by atoms with Crippen molar-refractivity contribution in [2.75, 3.05) is 26.4 Å². The third-order valence-corrected chi connectivity index (χ3v) is 19.3. The Morgan fingerprint density at radius 3 is 1.64 bits per heavy atom. The summed E-state index contributed by atoms with van der Waals surface area (Å²) in [4.78, 5) is 14.9. The van der Waals surface area contributed by atoms with Gasteiger partial charge in [-0.2, -0.15) is 0 Å². The van der Waals surface area contributed by atoms with Gasteiger partial charge in [0, 0.05) is 0 Å². The van der Waals surface area contributed by atoms with Crippen LogP contribution in [0.3, 0.4) is 0 Å². The van der Waals surface area contributed by atoms with Crippen LogP contribution in [0.1, 0.15) is 84.5 Å². The van der Waals surface area contributed by atoms with Crippen molar-refractivity contribution in [3.8, 4) is 0 Å². The summed E-state index contributed by atoms with van der Waals surface area (Å²) in [5.41, 5.74) is -2.61. The van der Waals surface area contributed by atoms with Gasteiger partial charge in [0.1, 0.15) is 110 Å². The summed E-state index contributed by atoms with van der Waals surface area (Å²) < 4.78 is 55.1. The van der Waals surface area contributed by atoms with Gasteiger partial charge in [-0.25, -0.2) is 0 Å². The van der Waals surface area contributed by atoms with Crippen molar-refractivity contribution >= 4 is 5.97 Å². The number of carbonyl (C=O) groups excluding carboxylic acids is 1. The molecule has 0 amide bonds. The average molecular weight is 1100 g/mol. The van der Waals surface area contributed by atoms with Gasteiger partial charge >= 0.3 is 5.97 Å². The van der Waals surface area contributed by atoms with Crippen LogP contribution in [0.5, 0.6) is 0 Å². The predicted octanol–water partition coefficient (Wildman–Crippen LogP) is -5.84. The lowest BCUT2D eigenvalue weighted by molar-refractivity contribution is -0.400. The summed E-state index contributed by atoms with van der Waals surface area (Å²) >= 11 is 0. The van der Waals surface area contributed by atoms with Crippen LogP contribution in [0.2, 0.25) is 0 Å². The Labute approximate surface area is 438 Å². The molecule has 1 spiro atoms. The zero-order valence-corrected chi connectivity index (χ0v) is 42.6. The van der Waals surface area contributed by atoms with Crippen molar-refractivity contribution < 1.29 is 129 Å². The lowest BCUT2D eigenvalue weighted by Gasteiger charge is -2.64. The van der Waals surface area contributed by atoms with Crippen LogP contribution >= 0.6 is 0 Å². The Kier molecular flexibility index (Phi) is 17.5. The minimum Gasteiger partial charge on any atom is -0.432 e. The van der Waals surface area contributed by atoms with Gasteiger partial charge in [-0.15, -0.1) is 0 Å². The molecule has 12 unspecified atom stereocenters. The second-order valence-corrected chi connectivity index (χ2v) is 23.6. The molecule has 26 nitrogen and oxygen atoms in total. The number of fused-ring (bicyclic) bond motifs is 3. The minimum absolute atomic E-state index is 0.0304. The smallest absolute Gasteiger partial charge is 0.314 e. The quantitative estimate of drug-likeness (QED) is 0.0438. The minimum atomic E-state index is -1.98. The highest BCUT2D eigenvalue weighted by Gasteiger charge is 2.70. The van der Waals surface area contributed by atoms with Crippen LogP contribution in [-0.2, 0) is 47.4 Å². The van der Waals surface area contributed by atoms with Gasteiger partial charge in [-0.1, -0.05) is 19.9 Å². The van der Waals surface area contributed by atoms with Gasteiger partial charge in [0.25, 0.3) is 0 Å². The second-order valence-electron chi connectivity index (χ2n) is 23.6. The number of hydrogen-bond donors (Lipinski definition) is 16. The molecule has 30 atom stereocenters. The molecule has 5 saturated carbocycles. The summed E-state index contributed by atoms with van der Waals surface area (Å²) in [6.07, 6.45) is -35.3. The molecule has 0 radical (unpaired) electrons. The first-order valence-electron chi connectivity index (χ1n) is 26.7. The molecule has 5 aliphatic carbocycles. The third kappa shape index (κ3) is 10.0. The maximum Gasteiger partial charge on any atom is 0.314 e. The molecular formula is C50H80O26. The number of ether oxygens (including phenoxy) is 9. The molecule has 0 aromatic heterocycles. The predicted molar refractivity (Wildman–Crippen MR) is 249 cm³/mol. The van der Waals surface area contributed by atoms with E-state index in [1.54, 1.807) is 0 Å². The monoisotopic (exact) mass is 1100 g/mol. The number of rotatable bonds is 14. The molecule has 0 aromatic rings. The molecule has 4 aliphatic heterocycles. The van der Waals surface area contributed by atoms with Crippen LogP contribution < -0.4 is 0 Å². The molecule has 9 fully saturated rings. The van der Waals surface area contributed by atoms with E-state index in [0.29, 0.717) is 56.9 Å². The molecule has 436 valence electrons. The van der Waals surface area contributed by atoms with Crippen LogP contribution in [0.15, 0.2) is 12.2 Å². The largest absolute Gasteiger partial charge is 0.432 e. The molecule has 16 N–H and O–H groups in total. The Morgan fingerprint density at radius 2 is 1.05 bits per heavy atom. The first kappa shape index (κ1) is 58.9. The van der Waals surface area contributed by atoms with E-state index in [9.17, 15) is 86.5 Å². The number of esters is 1. The molecule has 76 heavy (non-hydrogen) atoms. The van der Waals surface area contributed by atoms with Crippen molar-refractivity contribution in [3.05, 3.63) is 12.2 Å². The van der Waals surface area contributed by atoms with Gasteiger partial charge in [0.2, 0.25) is 6.29 Å². The van der Waals surface area contributed by atoms with Crippen molar-refractivity contribution in [2.45, 2.75) is 237 Å². The average Bonchev–Trinajstić information content (AvgIpc) is 3.71. The zero-order valence-electron chi connectivity index (χ0n) is 42.6. The maximum absolute atomic E-state index is 14.9. The topological polar surface area (TPSA) is 424 Å². The lowest BCUT2D eigenvalue weighted by atomic mass is 9.41. The SMILES string of the molecule is C=C1C[C@@]23CCC4[C@](C)(C(=O)O[C@@H]5OC(CO)[C@@H](O)[C@H](O)C5O[C@@H]5CC[C@@H](O)C(O)C5O)CCC[C@@]4(C)[C@@H]2CCC1(O[C@@H]1OC(CO)[C@@H](O)[C@H](O[C@@H]2OC(CO)[C@@H](O)[C@H](O)C2O)C1O[C@@H]1O[C@@H](CO)[C@@H](O)C(O)C1O)C3. The highest BCUT2D eigenvalue weighted by atomic mass is 16.8. The van der Waals surface area contributed by atoms with Gasteiger partial charge in [0.05, 0.1) is 49.7 Å².